The second-order valence-electron chi connectivity index (χ2n) is 8.02. The molecule has 0 aliphatic carbocycles. The molecule has 0 spiro atoms. The number of benzene rings is 3. The molecule has 2 atom stereocenters. The molecule has 7 nitrogen and oxygen atoms in total. The maximum atomic E-state index is 13.4. The van der Waals surface area contributed by atoms with Crippen LogP contribution in [0.15, 0.2) is 91.0 Å². The summed E-state index contributed by atoms with van der Waals surface area (Å²) < 4.78 is 35.8. The van der Waals surface area contributed by atoms with E-state index in [1.54, 1.807) is 6.92 Å². The predicted octanol–water partition coefficient (Wildman–Crippen LogP) is 4.87. The first-order chi connectivity index (χ1) is 16.4. The molecule has 0 amide bonds. The Bertz CT molecular complexity index is 970. The second kappa shape index (κ2) is 12.9. The molecule has 0 heterocycles. The van der Waals surface area contributed by atoms with Gasteiger partial charge in [-0.2, -0.15) is 0 Å². The summed E-state index contributed by atoms with van der Waals surface area (Å²) in [6, 6.07) is 27.8. The van der Waals surface area contributed by atoms with Crippen LogP contribution in [-0.4, -0.2) is 35.1 Å². The average molecular weight is 487 g/mol. The lowest BCUT2D eigenvalue weighted by atomic mass is 10.0. The maximum absolute atomic E-state index is 13.4. The van der Waals surface area contributed by atoms with Gasteiger partial charge in [-0.25, -0.2) is 4.57 Å². The molecule has 0 unspecified atom stereocenters. The SMILES string of the molecule is C[C@@](CO)(OCc1ccccc1)[C@H](O)COP(=O)(OCc1ccccc1)OCc1ccccc1. The molecule has 8 heteroatoms. The summed E-state index contributed by atoms with van der Waals surface area (Å²) in [6.45, 7) is 0.860. The highest BCUT2D eigenvalue weighted by atomic mass is 31.2. The molecule has 2 N–H and O–H groups in total. The zero-order valence-corrected chi connectivity index (χ0v) is 20.1. The molecule has 0 radical (unpaired) electrons. The van der Waals surface area contributed by atoms with Gasteiger partial charge in [0.05, 0.1) is 33.0 Å². The topological polar surface area (TPSA) is 94.5 Å². The summed E-state index contributed by atoms with van der Waals surface area (Å²) in [4.78, 5) is 0. The Labute approximate surface area is 200 Å². The third kappa shape index (κ3) is 8.15. The van der Waals surface area contributed by atoms with E-state index in [4.69, 9.17) is 18.3 Å². The Balaban J connectivity index is 1.63. The summed E-state index contributed by atoms with van der Waals surface area (Å²) in [5.41, 5.74) is 1.13. The number of phosphoric ester groups is 1. The zero-order valence-electron chi connectivity index (χ0n) is 19.2. The molecule has 182 valence electrons. The van der Waals surface area contributed by atoms with Crippen molar-refractivity contribution in [3.63, 3.8) is 0 Å². The van der Waals surface area contributed by atoms with Gasteiger partial charge in [-0.05, 0) is 23.6 Å². The smallest absolute Gasteiger partial charge is 0.393 e. The molecule has 0 fully saturated rings. The normalized spacial score (nSPS) is 14.4. The summed E-state index contributed by atoms with van der Waals surface area (Å²) >= 11 is 0. The lowest BCUT2D eigenvalue weighted by Gasteiger charge is -2.33. The van der Waals surface area contributed by atoms with Crippen LogP contribution in [0.2, 0.25) is 0 Å². The molecule has 0 aliphatic rings. The maximum Gasteiger partial charge on any atom is 0.475 e. The van der Waals surface area contributed by atoms with Crippen LogP contribution in [0.1, 0.15) is 23.6 Å². The molecule has 0 aliphatic heterocycles. The zero-order chi connectivity index (χ0) is 24.3. The van der Waals surface area contributed by atoms with Crippen molar-refractivity contribution in [2.45, 2.75) is 38.4 Å². The Morgan fingerprint density at radius 2 is 1.15 bits per heavy atom. The van der Waals surface area contributed by atoms with Crippen molar-refractivity contribution in [1.29, 1.82) is 0 Å². The fourth-order valence-electron chi connectivity index (χ4n) is 2.98. The van der Waals surface area contributed by atoms with E-state index in [1.807, 2.05) is 91.0 Å². The number of aliphatic hydroxyl groups excluding tert-OH is 2. The van der Waals surface area contributed by atoms with Gasteiger partial charge >= 0.3 is 7.82 Å². The van der Waals surface area contributed by atoms with E-state index >= 15 is 0 Å². The molecule has 3 aromatic rings. The number of hydrogen-bond acceptors (Lipinski definition) is 7. The van der Waals surface area contributed by atoms with Gasteiger partial charge in [-0.1, -0.05) is 91.0 Å². The fourth-order valence-corrected chi connectivity index (χ4v) is 4.14. The lowest BCUT2D eigenvalue weighted by molar-refractivity contribution is -0.154. The number of phosphoric acid groups is 1. The van der Waals surface area contributed by atoms with Crippen LogP contribution in [0, 0.1) is 0 Å². The quantitative estimate of drug-likeness (QED) is 0.314. The summed E-state index contributed by atoms with van der Waals surface area (Å²) in [7, 11) is -4.06. The molecule has 3 aromatic carbocycles. The number of hydrogen-bond donors (Lipinski definition) is 2. The van der Waals surface area contributed by atoms with Gasteiger partial charge in [0.15, 0.2) is 0 Å². The summed E-state index contributed by atoms with van der Waals surface area (Å²) in [5.74, 6) is 0. The van der Waals surface area contributed by atoms with Crippen molar-refractivity contribution >= 4 is 7.82 Å². The molecule has 0 saturated heterocycles. The first-order valence-electron chi connectivity index (χ1n) is 11.0. The van der Waals surface area contributed by atoms with Crippen LogP contribution in [0.3, 0.4) is 0 Å². The van der Waals surface area contributed by atoms with Crippen molar-refractivity contribution in [2.75, 3.05) is 13.2 Å². The molecule has 0 aromatic heterocycles. The van der Waals surface area contributed by atoms with Gasteiger partial charge in [0.25, 0.3) is 0 Å². The van der Waals surface area contributed by atoms with Gasteiger partial charge in [0.2, 0.25) is 0 Å². The third-order valence-corrected chi connectivity index (χ3v) is 6.64. The lowest BCUT2D eigenvalue weighted by Crippen LogP contribution is -2.47. The van der Waals surface area contributed by atoms with Gasteiger partial charge in [0, 0.05) is 0 Å². The Morgan fingerprint density at radius 3 is 1.56 bits per heavy atom. The van der Waals surface area contributed by atoms with Crippen molar-refractivity contribution < 1.29 is 33.1 Å². The largest absolute Gasteiger partial charge is 0.475 e. The van der Waals surface area contributed by atoms with Gasteiger partial charge < -0.3 is 14.9 Å². The van der Waals surface area contributed by atoms with Crippen LogP contribution in [0.5, 0.6) is 0 Å². The predicted molar refractivity (Wildman–Crippen MR) is 129 cm³/mol. The second-order valence-corrected chi connectivity index (χ2v) is 9.69. The summed E-state index contributed by atoms with van der Waals surface area (Å²) in [5, 5.41) is 20.6. The number of aliphatic hydroxyl groups is 2. The van der Waals surface area contributed by atoms with Gasteiger partial charge in [-0.15, -0.1) is 0 Å². The number of ether oxygens (including phenoxy) is 1. The fraction of sp³-hybridized carbons (Fsp3) is 0.308. The van der Waals surface area contributed by atoms with Crippen LogP contribution >= 0.6 is 7.82 Å². The van der Waals surface area contributed by atoms with Crippen LogP contribution < -0.4 is 0 Å². The Hall–Kier alpha value is -2.35. The first kappa shape index (κ1) is 26.3. The molecular weight excluding hydrogens is 455 g/mol. The first-order valence-corrected chi connectivity index (χ1v) is 12.5. The van der Waals surface area contributed by atoms with E-state index in [2.05, 4.69) is 0 Å². The van der Waals surface area contributed by atoms with Gasteiger partial charge in [0.1, 0.15) is 11.7 Å². The van der Waals surface area contributed by atoms with E-state index in [0.29, 0.717) is 0 Å². The standard InChI is InChI=1S/C26H31O7P/c1-26(21-27,30-17-22-11-5-2-6-12-22)25(28)20-33-34(29,31-18-23-13-7-3-8-14-23)32-19-24-15-9-4-10-16-24/h2-16,25,27-28H,17-21H2,1H3/t25-,26+/m1/s1. The molecular formula is C26H31O7P. The van der Waals surface area contributed by atoms with E-state index in [9.17, 15) is 14.8 Å². The van der Waals surface area contributed by atoms with Crippen molar-refractivity contribution in [3.8, 4) is 0 Å². The molecule has 0 saturated carbocycles. The minimum Gasteiger partial charge on any atom is -0.393 e. The van der Waals surface area contributed by atoms with E-state index < -0.39 is 32.7 Å². The summed E-state index contributed by atoms with van der Waals surface area (Å²) in [6.07, 6.45) is -1.30. The van der Waals surface area contributed by atoms with Crippen LogP contribution in [-0.2, 0) is 42.7 Å². The third-order valence-electron chi connectivity index (χ3n) is 5.29. The van der Waals surface area contributed by atoms with Crippen molar-refractivity contribution in [1.82, 2.24) is 0 Å². The van der Waals surface area contributed by atoms with Crippen LogP contribution in [0.4, 0.5) is 0 Å². The highest BCUT2D eigenvalue weighted by Gasteiger charge is 2.37. The van der Waals surface area contributed by atoms with Crippen molar-refractivity contribution in [2.24, 2.45) is 0 Å². The highest BCUT2D eigenvalue weighted by Crippen LogP contribution is 2.51. The molecule has 0 bridgehead atoms. The monoisotopic (exact) mass is 486 g/mol. The molecule has 34 heavy (non-hydrogen) atoms. The highest BCUT2D eigenvalue weighted by molar-refractivity contribution is 7.48. The minimum atomic E-state index is -4.06. The van der Waals surface area contributed by atoms with Crippen LogP contribution in [0.25, 0.3) is 0 Å². The van der Waals surface area contributed by atoms with Gasteiger partial charge in [-0.3, -0.25) is 13.6 Å². The molecule has 3 rings (SSSR count). The van der Waals surface area contributed by atoms with E-state index in [1.165, 1.54) is 0 Å². The average Bonchev–Trinajstić information content (AvgIpc) is 2.90. The van der Waals surface area contributed by atoms with E-state index in [-0.39, 0.29) is 19.8 Å². The van der Waals surface area contributed by atoms with E-state index in [0.717, 1.165) is 16.7 Å². The Kier molecular flexibility index (Phi) is 9.99. The van der Waals surface area contributed by atoms with Crippen molar-refractivity contribution in [3.05, 3.63) is 108 Å². The number of rotatable bonds is 14. The Morgan fingerprint density at radius 1 is 0.735 bits per heavy atom. The minimum absolute atomic E-state index is 0.00474.